The molecule has 3 nitrogen and oxygen atoms in total. The van der Waals surface area contributed by atoms with Gasteiger partial charge in [-0.3, -0.25) is 0 Å². The van der Waals surface area contributed by atoms with Crippen LogP contribution in [0, 0.1) is 5.41 Å². The number of nitrogens with one attached hydrogen (secondary N) is 1. The van der Waals surface area contributed by atoms with Gasteiger partial charge in [-0.2, -0.15) is 0 Å². The fraction of sp³-hybridized carbons (Fsp3) is 1.00. The summed E-state index contributed by atoms with van der Waals surface area (Å²) >= 11 is 0. The molecule has 2 fully saturated rings. The van der Waals surface area contributed by atoms with Crippen molar-refractivity contribution in [2.45, 2.75) is 31.7 Å². The average Bonchev–Trinajstić information content (AvgIpc) is 2.98. The van der Waals surface area contributed by atoms with Crippen molar-refractivity contribution in [3.8, 4) is 0 Å². The highest BCUT2D eigenvalue weighted by atomic mass is 15.2. The molecule has 16 heavy (non-hydrogen) atoms. The summed E-state index contributed by atoms with van der Waals surface area (Å²) in [6.07, 6.45) is 5.59. The Morgan fingerprint density at radius 1 is 1.44 bits per heavy atom. The molecule has 2 aliphatic rings. The van der Waals surface area contributed by atoms with E-state index in [-0.39, 0.29) is 0 Å². The summed E-state index contributed by atoms with van der Waals surface area (Å²) in [7, 11) is 6.65. The highest BCUT2D eigenvalue weighted by molar-refractivity contribution is 4.97. The lowest BCUT2D eigenvalue weighted by molar-refractivity contribution is 0.115. The van der Waals surface area contributed by atoms with E-state index in [1.165, 1.54) is 51.9 Å². The first-order chi connectivity index (χ1) is 7.65. The lowest BCUT2D eigenvalue weighted by Gasteiger charge is -2.37. The molecule has 1 saturated carbocycles. The van der Waals surface area contributed by atoms with E-state index in [9.17, 15) is 0 Å². The molecule has 1 atom stereocenters. The Bertz CT molecular complexity index is 225. The number of hydrogen-bond donors (Lipinski definition) is 1. The third kappa shape index (κ3) is 2.96. The van der Waals surface area contributed by atoms with Gasteiger partial charge in [0, 0.05) is 25.7 Å². The summed E-state index contributed by atoms with van der Waals surface area (Å²) < 4.78 is 0. The van der Waals surface area contributed by atoms with Crippen LogP contribution < -0.4 is 5.32 Å². The Labute approximate surface area is 100 Å². The van der Waals surface area contributed by atoms with Crippen LogP contribution in [0.15, 0.2) is 0 Å². The zero-order valence-electron chi connectivity index (χ0n) is 11.1. The number of hydrogen-bond acceptors (Lipinski definition) is 3. The molecule has 0 aromatic heterocycles. The largest absolute Gasteiger partial charge is 0.319 e. The summed E-state index contributed by atoms with van der Waals surface area (Å²) in [4.78, 5) is 5.09. The third-order valence-corrected chi connectivity index (χ3v) is 4.32. The maximum atomic E-state index is 3.35. The van der Waals surface area contributed by atoms with Crippen LogP contribution in [-0.2, 0) is 0 Å². The highest BCUT2D eigenvalue weighted by Gasteiger charge is 2.43. The van der Waals surface area contributed by atoms with E-state index in [0.717, 1.165) is 6.04 Å². The van der Waals surface area contributed by atoms with Gasteiger partial charge in [0.25, 0.3) is 0 Å². The van der Waals surface area contributed by atoms with Crippen LogP contribution in [0.1, 0.15) is 25.7 Å². The molecule has 0 radical (unpaired) electrons. The van der Waals surface area contributed by atoms with Gasteiger partial charge in [-0.15, -0.1) is 0 Å². The quantitative estimate of drug-likeness (QED) is 0.753. The average molecular weight is 225 g/mol. The van der Waals surface area contributed by atoms with Gasteiger partial charge >= 0.3 is 0 Å². The van der Waals surface area contributed by atoms with E-state index in [0.29, 0.717) is 5.41 Å². The molecule has 0 aromatic carbocycles. The second-order valence-corrected chi connectivity index (χ2v) is 6.00. The van der Waals surface area contributed by atoms with Crippen LogP contribution in [0.2, 0.25) is 0 Å². The molecule has 1 heterocycles. The Hall–Kier alpha value is -0.120. The fourth-order valence-corrected chi connectivity index (χ4v) is 3.10. The van der Waals surface area contributed by atoms with Crippen molar-refractivity contribution in [1.82, 2.24) is 15.1 Å². The summed E-state index contributed by atoms with van der Waals surface area (Å²) in [6.45, 7) is 5.02. The summed E-state index contributed by atoms with van der Waals surface area (Å²) in [5.74, 6) is 0. The Kier molecular flexibility index (Phi) is 3.88. The van der Waals surface area contributed by atoms with Crippen molar-refractivity contribution >= 4 is 0 Å². The molecular weight excluding hydrogens is 198 g/mol. The molecule has 94 valence electrons. The van der Waals surface area contributed by atoms with Crippen molar-refractivity contribution in [1.29, 1.82) is 0 Å². The molecule has 1 unspecified atom stereocenters. The highest BCUT2D eigenvalue weighted by Crippen LogP contribution is 2.45. The lowest BCUT2D eigenvalue weighted by atomic mass is 10.0. The molecule has 3 heteroatoms. The predicted molar refractivity (Wildman–Crippen MR) is 68.7 cm³/mol. The molecule has 2 rings (SSSR count). The molecule has 1 saturated heterocycles. The van der Waals surface area contributed by atoms with Crippen LogP contribution in [0.5, 0.6) is 0 Å². The smallest absolute Gasteiger partial charge is 0.0220 e. The van der Waals surface area contributed by atoms with E-state index in [1.54, 1.807) is 0 Å². The zero-order valence-corrected chi connectivity index (χ0v) is 11.1. The van der Waals surface area contributed by atoms with Crippen molar-refractivity contribution in [3.05, 3.63) is 0 Å². The van der Waals surface area contributed by atoms with Gasteiger partial charge in [-0.1, -0.05) is 0 Å². The Morgan fingerprint density at radius 2 is 2.19 bits per heavy atom. The molecule has 0 spiro atoms. The van der Waals surface area contributed by atoms with Gasteiger partial charge in [0.2, 0.25) is 0 Å². The minimum absolute atomic E-state index is 0.611. The van der Waals surface area contributed by atoms with E-state index in [1.807, 2.05) is 0 Å². The SMILES string of the molecule is CNCC1(CN(C)C2CCCN(C)C2)CC1. The van der Waals surface area contributed by atoms with Crippen molar-refractivity contribution in [2.75, 3.05) is 47.3 Å². The minimum atomic E-state index is 0.611. The molecular formula is C13H27N3. The van der Waals surface area contributed by atoms with E-state index >= 15 is 0 Å². The Morgan fingerprint density at radius 3 is 2.75 bits per heavy atom. The first-order valence-corrected chi connectivity index (χ1v) is 6.69. The van der Waals surface area contributed by atoms with Crippen molar-refractivity contribution in [2.24, 2.45) is 5.41 Å². The summed E-state index contributed by atoms with van der Waals surface area (Å²) in [5, 5.41) is 3.35. The number of piperidine rings is 1. The molecule has 1 aliphatic heterocycles. The van der Waals surface area contributed by atoms with Crippen LogP contribution >= 0.6 is 0 Å². The van der Waals surface area contributed by atoms with Gasteiger partial charge < -0.3 is 15.1 Å². The number of likely N-dealkylation sites (N-methyl/N-ethyl adjacent to an activating group) is 2. The standard InChI is InChI=1S/C13H27N3/c1-14-10-13(6-7-13)11-16(3)12-5-4-8-15(2)9-12/h12,14H,4-11H2,1-3H3. The molecule has 0 amide bonds. The molecule has 1 aliphatic carbocycles. The number of rotatable bonds is 5. The second-order valence-electron chi connectivity index (χ2n) is 6.00. The van der Waals surface area contributed by atoms with Gasteiger partial charge in [0.05, 0.1) is 0 Å². The normalized spacial score (nSPS) is 29.6. The Balaban J connectivity index is 1.80. The minimum Gasteiger partial charge on any atom is -0.319 e. The topological polar surface area (TPSA) is 18.5 Å². The van der Waals surface area contributed by atoms with E-state index in [2.05, 4.69) is 36.3 Å². The van der Waals surface area contributed by atoms with E-state index in [4.69, 9.17) is 0 Å². The first-order valence-electron chi connectivity index (χ1n) is 6.69. The van der Waals surface area contributed by atoms with Gasteiger partial charge in [-0.05, 0) is 58.8 Å². The first kappa shape index (κ1) is 12.3. The number of nitrogens with zero attached hydrogens (tertiary/aromatic N) is 2. The van der Waals surface area contributed by atoms with Gasteiger partial charge in [-0.25, -0.2) is 0 Å². The second kappa shape index (κ2) is 5.03. The fourth-order valence-electron chi connectivity index (χ4n) is 3.10. The third-order valence-electron chi connectivity index (χ3n) is 4.32. The lowest BCUT2D eigenvalue weighted by Crippen LogP contribution is -2.47. The van der Waals surface area contributed by atoms with Crippen LogP contribution in [-0.4, -0.2) is 63.2 Å². The number of likely N-dealkylation sites (tertiary alicyclic amines) is 1. The molecule has 1 N–H and O–H groups in total. The summed E-state index contributed by atoms with van der Waals surface area (Å²) in [5.41, 5.74) is 0.611. The van der Waals surface area contributed by atoms with Crippen LogP contribution in [0.25, 0.3) is 0 Å². The maximum Gasteiger partial charge on any atom is 0.0220 e. The monoisotopic (exact) mass is 225 g/mol. The molecule has 0 bridgehead atoms. The van der Waals surface area contributed by atoms with Gasteiger partial charge in [0.15, 0.2) is 0 Å². The zero-order chi connectivity index (χ0) is 11.6. The summed E-state index contributed by atoms with van der Waals surface area (Å²) in [6, 6.07) is 0.785. The van der Waals surface area contributed by atoms with Gasteiger partial charge in [0.1, 0.15) is 0 Å². The van der Waals surface area contributed by atoms with E-state index < -0.39 is 0 Å². The predicted octanol–water partition coefficient (Wildman–Crippen LogP) is 1.01. The van der Waals surface area contributed by atoms with Crippen LogP contribution in [0.3, 0.4) is 0 Å². The van der Waals surface area contributed by atoms with Crippen LogP contribution in [0.4, 0.5) is 0 Å². The maximum absolute atomic E-state index is 3.35. The molecule has 0 aromatic rings. The van der Waals surface area contributed by atoms with Crippen molar-refractivity contribution < 1.29 is 0 Å². The van der Waals surface area contributed by atoms with Crippen molar-refractivity contribution in [3.63, 3.8) is 0 Å².